The maximum Gasteiger partial charge on any atom is 0.257 e. The molecule has 2 rings (SSSR count). The zero-order valence-corrected chi connectivity index (χ0v) is 14.3. The van der Waals surface area contributed by atoms with Crippen LogP contribution < -0.4 is 0 Å². The normalized spacial score (nSPS) is 10.6. The summed E-state index contributed by atoms with van der Waals surface area (Å²) in [5, 5.41) is 0.452. The molecule has 20 heavy (non-hydrogen) atoms. The first-order valence-electron chi connectivity index (χ1n) is 6.17. The summed E-state index contributed by atoms with van der Waals surface area (Å²) in [6.07, 6.45) is 1.55. The predicted octanol–water partition coefficient (Wildman–Crippen LogP) is 4.53. The molecule has 2 aromatic rings. The van der Waals surface area contributed by atoms with Crippen LogP contribution in [0.1, 0.15) is 27.9 Å². The first kappa shape index (κ1) is 15.5. The molecule has 0 atom stereocenters. The number of aryl methyl sites for hydroxylation is 1. The molecule has 0 saturated carbocycles. The number of carbonyl (C=O) groups excluding carboxylic acids is 1. The molecule has 6 heteroatoms. The van der Waals surface area contributed by atoms with Gasteiger partial charge in [-0.25, -0.2) is 0 Å². The summed E-state index contributed by atoms with van der Waals surface area (Å²) < 4.78 is 1.06. The van der Waals surface area contributed by atoms with E-state index in [1.165, 1.54) is 0 Å². The third-order valence-corrected chi connectivity index (χ3v) is 4.79. The maximum absolute atomic E-state index is 12.5. The van der Waals surface area contributed by atoms with Crippen LogP contribution in [0, 0.1) is 6.92 Å². The zero-order valence-electron chi connectivity index (χ0n) is 11.2. The number of carbonyl (C=O) groups is 1. The van der Waals surface area contributed by atoms with Gasteiger partial charge >= 0.3 is 0 Å². The first-order valence-corrected chi connectivity index (χ1v) is 8.15. The molecule has 0 bridgehead atoms. The van der Waals surface area contributed by atoms with Crippen molar-refractivity contribution in [3.05, 3.63) is 49.3 Å². The zero-order chi connectivity index (χ0) is 14.7. The highest BCUT2D eigenvalue weighted by atomic mass is 79.9. The largest absolute Gasteiger partial charge is 0.334 e. The van der Waals surface area contributed by atoms with Crippen molar-refractivity contribution in [2.24, 2.45) is 0 Å². The minimum absolute atomic E-state index is 0.0884. The number of pyridine rings is 1. The highest BCUT2D eigenvalue weighted by molar-refractivity contribution is 9.11. The van der Waals surface area contributed by atoms with Gasteiger partial charge in [0.1, 0.15) is 0 Å². The Morgan fingerprint density at radius 2 is 2.25 bits per heavy atom. The Morgan fingerprint density at radius 3 is 2.80 bits per heavy atom. The molecule has 0 aliphatic heterocycles. The minimum atomic E-state index is -0.0884. The highest BCUT2D eigenvalue weighted by Crippen LogP contribution is 2.24. The van der Waals surface area contributed by atoms with Crippen LogP contribution in [0.25, 0.3) is 0 Å². The second-order valence-corrected chi connectivity index (χ2v) is 7.29. The topological polar surface area (TPSA) is 33.2 Å². The van der Waals surface area contributed by atoms with Crippen molar-refractivity contribution in [1.29, 1.82) is 0 Å². The van der Waals surface area contributed by atoms with Crippen LogP contribution in [-0.2, 0) is 6.54 Å². The Morgan fingerprint density at radius 1 is 1.50 bits per heavy atom. The Kier molecular flexibility index (Phi) is 5.18. The number of hydrogen-bond acceptors (Lipinski definition) is 3. The summed E-state index contributed by atoms with van der Waals surface area (Å²) in [4.78, 5) is 19.6. The van der Waals surface area contributed by atoms with Crippen molar-refractivity contribution in [3.63, 3.8) is 0 Å². The number of thiophene rings is 1. The molecule has 0 N–H and O–H groups in total. The molecule has 0 spiro atoms. The lowest BCUT2D eigenvalue weighted by Crippen LogP contribution is -2.30. The smallest absolute Gasteiger partial charge is 0.257 e. The van der Waals surface area contributed by atoms with E-state index in [-0.39, 0.29) is 5.91 Å². The molecular formula is C14H14BrClN2OS. The van der Waals surface area contributed by atoms with E-state index >= 15 is 0 Å². The van der Waals surface area contributed by atoms with Gasteiger partial charge in [-0.05, 0) is 48.0 Å². The fourth-order valence-corrected chi connectivity index (χ4v) is 3.59. The average Bonchev–Trinajstić information content (AvgIpc) is 2.81. The van der Waals surface area contributed by atoms with Gasteiger partial charge in [-0.1, -0.05) is 11.6 Å². The van der Waals surface area contributed by atoms with E-state index in [4.69, 9.17) is 11.6 Å². The third-order valence-electron chi connectivity index (χ3n) is 2.87. The van der Waals surface area contributed by atoms with Gasteiger partial charge < -0.3 is 4.90 Å². The van der Waals surface area contributed by atoms with Crippen LogP contribution in [0.2, 0.25) is 5.02 Å². The standard InChI is InChI=1S/C14H14BrClN2OS/c1-3-18(8-10-4-5-13(15)20-10)14(19)11-7-17-9(2)6-12(11)16/h4-7H,3,8H2,1-2H3. The van der Waals surface area contributed by atoms with Gasteiger partial charge in [-0.15, -0.1) is 11.3 Å². The number of rotatable bonds is 4. The molecule has 0 unspecified atom stereocenters. The molecule has 3 nitrogen and oxygen atoms in total. The van der Waals surface area contributed by atoms with Crippen molar-refractivity contribution >= 4 is 44.8 Å². The van der Waals surface area contributed by atoms with Crippen LogP contribution in [0.15, 0.2) is 28.2 Å². The van der Waals surface area contributed by atoms with E-state index in [2.05, 4.69) is 20.9 Å². The van der Waals surface area contributed by atoms with Crippen LogP contribution in [0.5, 0.6) is 0 Å². The van der Waals surface area contributed by atoms with E-state index in [1.807, 2.05) is 26.0 Å². The molecule has 2 heterocycles. The highest BCUT2D eigenvalue weighted by Gasteiger charge is 2.18. The number of hydrogen-bond donors (Lipinski definition) is 0. The molecule has 1 amide bonds. The van der Waals surface area contributed by atoms with Crippen LogP contribution >= 0.6 is 38.9 Å². The van der Waals surface area contributed by atoms with Gasteiger partial charge in [0, 0.05) is 23.3 Å². The molecular weight excluding hydrogens is 360 g/mol. The first-order chi connectivity index (χ1) is 9.51. The predicted molar refractivity (Wildman–Crippen MR) is 86.4 cm³/mol. The molecule has 2 aromatic heterocycles. The number of nitrogens with zero attached hydrogens (tertiary/aromatic N) is 2. The second-order valence-electron chi connectivity index (χ2n) is 4.33. The Hall–Kier alpha value is -0.910. The third kappa shape index (κ3) is 3.59. The van der Waals surface area contributed by atoms with E-state index in [0.29, 0.717) is 23.7 Å². The summed E-state index contributed by atoms with van der Waals surface area (Å²) in [7, 11) is 0. The lowest BCUT2D eigenvalue weighted by molar-refractivity contribution is 0.0754. The minimum Gasteiger partial charge on any atom is -0.334 e. The summed E-state index contributed by atoms with van der Waals surface area (Å²) >= 11 is 11.2. The van der Waals surface area contributed by atoms with Gasteiger partial charge in [-0.2, -0.15) is 0 Å². The summed E-state index contributed by atoms with van der Waals surface area (Å²) in [6, 6.07) is 5.71. The Bertz CT molecular complexity index is 629. The van der Waals surface area contributed by atoms with Gasteiger partial charge in [0.15, 0.2) is 0 Å². The van der Waals surface area contributed by atoms with Gasteiger partial charge in [0.25, 0.3) is 5.91 Å². The van der Waals surface area contributed by atoms with Gasteiger partial charge in [0.05, 0.1) is 20.9 Å². The molecule has 0 aliphatic rings. The molecule has 106 valence electrons. The molecule has 0 aliphatic carbocycles. The van der Waals surface area contributed by atoms with E-state index in [9.17, 15) is 4.79 Å². The van der Waals surface area contributed by atoms with Crippen LogP contribution in [0.3, 0.4) is 0 Å². The SMILES string of the molecule is CCN(Cc1ccc(Br)s1)C(=O)c1cnc(C)cc1Cl. The monoisotopic (exact) mass is 372 g/mol. The average molecular weight is 374 g/mol. The Labute approximate surface area is 135 Å². The molecule has 0 fully saturated rings. The number of amides is 1. The number of aromatic nitrogens is 1. The maximum atomic E-state index is 12.5. The van der Waals surface area contributed by atoms with Gasteiger partial charge in [-0.3, -0.25) is 9.78 Å². The molecule has 0 aromatic carbocycles. The van der Waals surface area contributed by atoms with Crippen molar-refractivity contribution in [2.75, 3.05) is 6.54 Å². The van der Waals surface area contributed by atoms with Gasteiger partial charge in [0.2, 0.25) is 0 Å². The molecule has 0 saturated heterocycles. The van der Waals surface area contributed by atoms with E-state index < -0.39 is 0 Å². The van der Waals surface area contributed by atoms with Crippen molar-refractivity contribution in [2.45, 2.75) is 20.4 Å². The van der Waals surface area contributed by atoms with Crippen molar-refractivity contribution in [3.8, 4) is 0 Å². The quantitative estimate of drug-likeness (QED) is 0.789. The fourth-order valence-electron chi connectivity index (χ4n) is 1.81. The second kappa shape index (κ2) is 6.70. The van der Waals surface area contributed by atoms with Crippen molar-refractivity contribution < 1.29 is 4.79 Å². The lowest BCUT2D eigenvalue weighted by atomic mass is 10.2. The van der Waals surface area contributed by atoms with E-state index in [0.717, 1.165) is 14.4 Å². The lowest BCUT2D eigenvalue weighted by Gasteiger charge is -2.20. The summed E-state index contributed by atoms with van der Waals surface area (Å²) in [6.45, 7) is 5.01. The summed E-state index contributed by atoms with van der Waals surface area (Å²) in [5.41, 5.74) is 1.26. The van der Waals surface area contributed by atoms with Crippen LogP contribution in [-0.4, -0.2) is 22.3 Å². The van der Waals surface area contributed by atoms with E-state index in [1.54, 1.807) is 28.5 Å². The summed E-state index contributed by atoms with van der Waals surface area (Å²) in [5.74, 6) is -0.0884. The Balaban J connectivity index is 2.20. The van der Waals surface area contributed by atoms with Crippen LogP contribution in [0.4, 0.5) is 0 Å². The van der Waals surface area contributed by atoms with Crippen molar-refractivity contribution in [1.82, 2.24) is 9.88 Å². The fraction of sp³-hybridized carbons (Fsp3) is 0.286. The molecule has 0 radical (unpaired) electrons. The number of halogens is 2.